The van der Waals surface area contributed by atoms with E-state index in [9.17, 15) is 0 Å². The van der Waals surface area contributed by atoms with Gasteiger partial charge in [-0.2, -0.15) is 0 Å². The standard InChI is InChI=1S/C12H27N3/c1-3-4-7-14-9-11-15(12-10-14)8-5-6-13-2/h13H,3-12H2,1-2H3. The largest absolute Gasteiger partial charge is 0.320 e. The van der Waals surface area contributed by atoms with Crippen LogP contribution in [0.5, 0.6) is 0 Å². The minimum absolute atomic E-state index is 1.15. The van der Waals surface area contributed by atoms with Crippen molar-refractivity contribution < 1.29 is 0 Å². The number of rotatable bonds is 7. The Hall–Kier alpha value is -0.120. The van der Waals surface area contributed by atoms with Crippen LogP contribution in [-0.4, -0.2) is 62.7 Å². The Bertz CT molecular complexity index is 142. The molecule has 0 saturated carbocycles. The van der Waals surface area contributed by atoms with Crippen molar-refractivity contribution in [2.75, 3.05) is 52.9 Å². The lowest BCUT2D eigenvalue weighted by Gasteiger charge is -2.34. The molecular weight excluding hydrogens is 186 g/mol. The maximum absolute atomic E-state index is 3.21. The van der Waals surface area contributed by atoms with Gasteiger partial charge in [-0.05, 0) is 39.5 Å². The molecule has 0 aliphatic carbocycles. The Kier molecular flexibility index (Phi) is 6.98. The molecule has 1 rings (SSSR count). The van der Waals surface area contributed by atoms with Gasteiger partial charge in [-0.25, -0.2) is 0 Å². The molecule has 1 aliphatic heterocycles. The summed E-state index contributed by atoms with van der Waals surface area (Å²) in [4.78, 5) is 5.21. The molecule has 0 unspecified atom stereocenters. The molecule has 0 spiro atoms. The lowest BCUT2D eigenvalue weighted by molar-refractivity contribution is 0.130. The van der Waals surface area contributed by atoms with Crippen LogP contribution in [0, 0.1) is 0 Å². The van der Waals surface area contributed by atoms with Crippen molar-refractivity contribution in [3.05, 3.63) is 0 Å². The minimum atomic E-state index is 1.15. The summed E-state index contributed by atoms with van der Waals surface area (Å²) in [6.45, 7) is 11.1. The number of nitrogens with zero attached hydrogens (tertiary/aromatic N) is 2. The molecule has 0 aromatic carbocycles. The monoisotopic (exact) mass is 213 g/mol. The van der Waals surface area contributed by atoms with E-state index in [0.717, 1.165) is 6.54 Å². The van der Waals surface area contributed by atoms with E-state index in [2.05, 4.69) is 22.0 Å². The van der Waals surface area contributed by atoms with Gasteiger partial charge in [-0.15, -0.1) is 0 Å². The van der Waals surface area contributed by atoms with Crippen LogP contribution in [0.2, 0.25) is 0 Å². The second-order valence-electron chi connectivity index (χ2n) is 4.49. The average Bonchev–Trinajstić information content (AvgIpc) is 2.28. The molecule has 15 heavy (non-hydrogen) atoms. The van der Waals surface area contributed by atoms with E-state index in [0.29, 0.717) is 0 Å². The fraction of sp³-hybridized carbons (Fsp3) is 1.00. The van der Waals surface area contributed by atoms with Gasteiger partial charge in [0.2, 0.25) is 0 Å². The Morgan fingerprint density at radius 3 is 1.93 bits per heavy atom. The zero-order valence-corrected chi connectivity index (χ0v) is 10.5. The molecule has 0 aromatic rings. The summed E-state index contributed by atoms with van der Waals surface area (Å²) in [5.41, 5.74) is 0. The summed E-state index contributed by atoms with van der Waals surface area (Å²) >= 11 is 0. The van der Waals surface area contributed by atoms with Gasteiger partial charge in [-0.1, -0.05) is 13.3 Å². The highest BCUT2D eigenvalue weighted by Gasteiger charge is 2.15. The molecule has 0 bridgehead atoms. The third-order valence-electron chi connectivity index (χ3n) is 3.19. The zero-order chi connectivity index (χ0) is 10.9. The summed E-state index contributed by atoms with van der Waals surface area (Å²) in [5.74, 6) is 0. The van der Waals surface area contributed by atoms with Crippen molar-refractivity contribution in [3.8, 4) is 0 Å². The second-order valence-corrected chi connectivity index (χ2v) is 4.49. The predicted molar refractivity (Wildman–Crippen MR) is 66.3 cm³/mol. The molecule has 90 valence electrons. The molecule has 0 aromatic heterocycles. The van der Waals surface area contributed by atoms with Crippen molar-refractivity contribution in [2.24, 2.45) is 0 Å². The highest BCUT2D eigenvalue weighted by atomic mass is 15.3. The van der Waals surface area contributed by atoms with Crippen LogP contribution in [0.25, 0.3) is 0 Å². The van der Waals surface area contributed by atoms with E-state index in [-0.39, 0.29) is 0 Å². The maximum atomic E-state index is 3.21. The van der Waals surface area contributed by atoms with Gasteiger partial charge < -0.3 is 15.1 Å². The third-order valence-corrected chi connectivity index (χ3v) is 3.19. The summed E-state index contributed by atoms with van der Waals surface area (Å²) in [7, 11) is 2.03. The molecule has 1 aliphatic rings. The maximum Gasteiger partial charge on any atom is 0.0110 e. The van der Waals surface area contributed by atoms with Crippen LogP contribution in [0.1, 0.15) is 26.2 Å². The third kappa shape index (κ3) is 5.50. The van der Waals surface area contributed by atoms with Crippen LogP contribution in [0.3, 0.4) is 0 Å². The second kappa shape index (κ2) is 8.08. The number of unbranched alkanes of at least 4 members (excludes halogenated alkanes) is 1. The van der Waals surface area contributed by atoms with Crippen molar-refractivity contribution in [1.29, 1.82) is 0 Å². The van der Waals surface area contributed by atoms with E-state index in [4.69, 9.17) is 0 Å². The number of hydrogen-bond donors (Lipinski definition) is 1. The van der Waals surface area contributed by atoms with E-state index >= 15 is 0 Å². The molecule has 1 saturated heterocycles. The van der Waals surface area contributed by atoms with Gasteiger partial charge in [0.05, 0.1) is 0 Å². The number of piperazine rings is 1. The summed E-state index contributed by atoms with van der Waals surface area (Å²) in [6, 6.07) is 0. The first-order valence-corrected chi connectivity index (χ1v) is 6.46. The Morgan fingerprint density at radius 2 is 1.47 bits per heavy atom. The Labute approximate surface area is 94.8 Å². The molecule has 1 fully saturated rings. The van der Waals surface area contributed by atoms with Crippen LogP contribution >= 0.6 is 0 Å². The number of hydrogen-bond acceptors (Lipinski definition) is 3. The van der Waals surface area contributed by atoms with E-state index in [1.54, 1.807) is 0 Å². The van der Waals surface area contributed by atoms with Crippen LogP contribution in [0.4, 0.5) is 0 Å². The van der Waals surface area contributed by atoms with Crippen molar-refractivity contribution in [3.63, 3.8) is 0 Å². The lowest BCUT2D eigenvalue weighted by Crippen LogP contribution is -2.47. The van der Waals surface area contributed by atoms with Crippen LogP contribution in [0.15, 0.2) is 0 Å². The summed E-state index contributed by atoms with van der Waals surface area (Å²) in [5, 5.41) is 3.21. The average molecular weight is 213 g/mol. The topological polar surface area (TPSA) is 18.5 Å². The zero-order valence-electron chi connectivity index (χ0n) is 10.5. The molecule has 3 nitrogen and oxygen atoms in total. The molecule has 0 atom stereocenters. The predicted octanol–water partition coefficient (Wildman–Crippen LogP) is 1.01. The summed E-state index contributed by atoms with van der Waals surface area (Å²) < 4.78 is 0. The first kappa shape index (κ1) is 12.9. The van der Waals surface area contributed by atoms with Gasteiger partial charge >= 0.3 is 0 Å². The Morgan fingerprint density at radius 1 is 0.933 bits per heavy atom. The van der Waals surface area contributed by atoms with Gasteiger partial charge in [0.1, 0.15) is 0 Å². The smallest absolute Gasteiger partial charge is 0.0110 e. The van der Waals surface area contributed by atoms with Gasteiger partial charge in [0.15, 0.2) is 0 Å². The molecule has 1 N–H and O–H groups in total. The minimum Gasteiger partial charge on any atom is -0.320 e. The molecule has 1 heterocycles. The molecule has 3 heteroatoms. The Balaban J connectivity index is 2.02. The first-order chi connectivity index (χ1) is 7.36. The molecule has 0 amide bonds. The van der Waals surface area contributed by atoms with Crippen molar-refractivity contribution in [2.45, 2.75) is 26.2 Å². The quantitative estimate of drug-likeness (QED) is 0.637. The van der Waals surface area contributed by atoms with E-state index < -0.39 is 0 Å². The van der Waals surface area contributed by atoms with Gasteiger partial charge in [0.25, 0.3) is 0 Å². The fourth-order valence-electron chi connectivity index (χ4n) is 2.10. The van der Waals surface area contributed by atoms with E-state index in [1.165, 1.54) is 58.5 Å². The van der Waals surface area contributed by atoms with Crippen molar-refractivity contribution in [1.82, 2.24) is 15.1 Å². The van der Waals surface area contributed by atoms with Crippen molar-refractivity contribution >= 4 is 0 Å². The SMILES string of the molecule is CCCCN1CCN(CCCNC)CC1. The van der Waals surface area contributed by atoms with Gasteiger partial charge in [-0.3, -0.25) is 0 Å². The molecule has 0 radical (unpaired) electrons. The van der Waals surface area contributed by atoms with Crippen LogP contribution in [-0.2, 0) is 0 Å². The highest BCUT2D eigenvalue weighted by molar-refractivity contribution is 4.71. The lowest BCUT2D eigenvalue weighted by atomic mass is 10.2. The van der Waals surface area contributed by atoms with Crippen LogP contribution < -0.4 is 5.32 Å². The highest BCUT2D eigenvalue weighted by Crippen LogP contribution is 2.03. The molecular formula is C12H27N3. The summed E-state index contributed by atoms with van der Waals surface area (Å²) in [6.07, 6.45) is 3.97. The van der Waals surface area contributed by atoms with Gasteiger partial charge in [0, 0.05) is 26.2 Å². The fourth-order valence-corrected chi connectivity index (χ4v) is 2.10. The normalized spacial score (nSPS) is 19.6. The number of nitrogens with one attached hydrogen (secondary N) is 1. The first-order valence-electron chi connectivity index (χ1n) is 6.46. The van der Waals surface area contributed by atoms with E-state index in [1.807, 2.05) is 7.05 Å².